The molecular formula is C11H15F3N4O6. The lowest BCUT2D eigenvalue weighted by Gasteiger charge is -2.02. The molecule has 10 nitrogen and oxygen atoms in total. The topological polar surface area (TPSA) is 140 Å². The van der Waals surface area contributed by atoms with Crippen LogP contribution in [0.3, 0.4) is 0 Å². The number of alkyl halides is 3. The van der Waals surface area contributed by atoms with Crippen LogP contribution in [-0.2, 0) is 16.0 Å². The number of nitro groups is 1. The molecule has 0 aromatic carbocycles. The van der Waals surface area contributed by atoms with Crippen LogP contribution in [0.4, 0.5) is 18.9 Å². The van der Waals surface area contributed by atoms with E-state index < -0.39 is 40.1 Å². The predicted molar refractivity (Wildman–Crippen MR) is 72.3 cm³/mol. The highest BCUT2D eigenvalue weighted by Gasteiger charge is 2.35. The van der Waals surface area contributed by atoms with Gasteiger partial charge >= 0.3 is 17.8 Å². The van der Waals surface area contributed by atoms with Gasteiger partial charge in [0, 0.05) is 14.0 Å². The van der Waals surface area contributed by atoms with Crippen LogP contribution in [0.25, 0.3) is 0 Å². The van der Waals surface area contributed by atoms with E-state index in [9.17, 15) is 32.9 Å². The largest absolute Gasteiger partial charge is 0.464 e. The summed E-state index contributed by atoms with van der Waals surface area (Å²) in [4.78, 5) is 32.8. The molecule has 0 saturated heterocycles. The van der Waals surface area contributed by atoms with Crippen molar-refractivity contribution < 1.29 is 37.2 Å². The second-order valence-electron chi connectivity index (χ2n) is 4.16. The summed E-state index contributed by atoms with van der Waals surface area (Å²) in [5.41, 5.74) is 3.27. The molecule has 1 heterocycles. The van der Waals surface area contributed by atoms with Crippen LogP contribution in [-0.4, -0.2) is 53.6 Å². The van der Waals surface area contributed by atoms with Crippen molar-refractivity contribution in [1.82, 2.24) is 9.78 Å². The Morgan fingerprint density at radius 3 is 2.21 bits per heavy atom. The van der Waals surface area contributed by atoms with Crippen molar-refractivity contribution in [3.63, 3.8) is 0 Å². The molecular weight excluding hydrogens is 341 g/mol. The predicted octanol–water partition coefficient (Wildman–Crippen LogP) is 0.892. The Hall–Kier alpha value is -2.70. The van der Waals surface area contributed by atoms with Gasteiger partial charge in [0.2, 0.25) is 11.4 Å². The number of nitrogens with zero attached hydrogens (tertiary/aromatic N) is 3. The summed E-state index contributed by atoms with van der Waals surface area (Å²) >= 11 is 0. The van der Waals surface area contributed by atoms with Gasteiger partial charge in [-0.2, -0.15) is 18.3 Å². The average Bonchev–Trinajstić information content (AvgIpc) is 2.82. The Morgan fingerprint density at radius 1 is 1.38 bits per heavy atom. The third kappa shape index (κ3) is 6.60. The van der Waals surface area contributed by atoms with Crippen LogP contribution >= 0.6 is 0 Å². The monoisotopic (exact) mass is 356 g/mol. The fraction of sp³-hybridized carbons (Fsp3) is 0.545. The van der Waals surface area contributed by atoms with Crippen LogP contribution in [0, 0.1) is 10.1 Å². The van der Waals surface area contributed by atoms with Crippen LogP contribution in [0.15, 0.2) is 0 Å². The molecule has 0 radical (unpaired) electrons. The molecule has 1 rings (SSSR count). The first-order valence-corrected chi connectivity index (χ1v) is 6.13. The highest BCUT2D eigenvalue weighted by molar-refractivity contribution is 6.01. The number of esters is 1. The molecule has 136 valence electrons. The number of carbonyl (C=O) groups excluding carboxylic acids is 2. The minimum atomic E-state index is -4.00. The number of rotatable bonds is 6. The van der Waals surface area contributed by atoms with Crippen LogP contribution in [0.2, 0.25) is 0 Å². The lowest BCUT2D eigenvalue weighted by atomic mass is 10.2. The molecule has 2 N–H and O–H groups in total. The number of hydrogen-bond donors (Lipinski definition) is 1. The summed E-state index contributed by atoms with van der Waals surface area (Å²) < 4.78 is 41.2. The van der Waals surface area contributed by atoms with E-state index in [0.29, 0.717) is 0 Å². The van der Waals surface area contributed by atoms with Crippen molar-refractivity contribution in [2.24, 2.45) is 5.73 Å². The lowest BCUT2D eigenvalue weighted by molar-refractivity contribution is -0.385. The lowest BCUT2D eigenvalue weighted by Crippen LogP contribution is -2.20. The molecule has 1 amide bonds. The Balaban J connectivity index is 0.000000922. The number of halogens is 3. The first-order chi connectivity index (χ1) is 10.9. The number of methoxy groups -OCH3 is 2. The van der Waals surface area contributed by atoms with Gasteiger partial charge in [-0.3, -0.25) is 19.6 Å². The first-order valence-electron chi connectivity index (χ1n) is 6.13. The molecule has 0 aliphatic rings. The number of ether oxygens (including phenoxy) is 2. The Labute approximate surface area is 133 Å². The Morgan fingerprint density at radius 2 is 1.88 bits per heavy atom. The van der Waals surface area contributed by atoms with E-state index in [4.69, 9.17) is 10.5 Å². The summed E-state index contributed by atoms with van der Waals surface area (Å²) in [7, 11) is 2.45. The van der Waals surface area contributed by atoms with Crippen molar-refractivity contribution >= 4 is 17.6 Å². The molecule has 0 aliphatic heterocycles. The highest BCUT2D eigenvalue weighted by atomic mass is 19.4. The van der Waals surface area contributed by atoms with Crippen LogP contribution in [0.1, 0.15) is 27.9 Å². The van der Waals surface area contributed by atoms with Gasteiger partial charge < -0.3 is 15.2 Å². The molecule has 0 fully saturated rings. The SMILES string of the molecule is CC(F)(F)F.COCCn1nc(C(=O)OC)c([N+](=O)[O-])c1C(N)=O. The zero-order valence-corrected chi connectivity index (χ0v) is 12.9. The minimum absolute atomic E-state index is 0.0343. The smallest absolute Gasteiger partial charge is 0.386 e. The number of hydrogen-bond acceptors (Lipinski definition) is 7. The molecule has 0 atom stereocenters. The van der Waals surface area contributed by atoms with E-state index in [-0.39, 0.29) is 20.1 Å². The van der Waals surface area contributed by atoms with Crippen molar-refractivity contribution in [3.05, 3.63) is 21.5 Å². The quantitative estimate of drug-likeness (QED) is 0.453. The summed E-state index contributed by atoms with van der Waals surface area (Å²) in [6.45, 7) is 0.360. The Kier molecular flexibility index (Phi) is 7.82. The fourth-order valence-corrected chi connectivity index (χ4v) is 1.44. The highest BCUT2D eigenvalue weighted by Crippen LogP contribution is 2.24. The molecule has 0 unspecified atom stereocenters. The number of aromatic nitrogens is 2. The van der Waals surface area contributed by atoms with E-state index in [2.05, 4.69) is 9.84 Å². The van der Waals surface area contributed by atoms with Crippen LogP contribution < -0.4 is 5.73 Å². The maximum atomic E-state index is 11.4. The minimum Gasteiger partial charge on any atom is -0.464 e. The maximum absolute atomic E-state index is 11.4. The molecule has 0 aliphatic carbocycles. The normalized spacial score (nSPS) is 10.6. The van der Waals surface area contributed by atoms with Gasteiger partial charge in [0.1, 0.15) is 0 Å². The van der Waals surface area contributed by atoms with Gasteiger partial charge in [-0.1, -0.05) is 0 Å². The number of nitrogens with two attached hydrogens (primary N) is 1. The van der Waals surface area contributed by atoms with Gasteiger partial charge in [0.05, 0.1) is 25.2 Å². The second kappa shape index (κ2) is 8.81. The van der Waals surface area contributed by atoms with Crippen molar-refractivity contribution in [3.8, 4) is 0 Å². The summed E-state index contributed by atoms with van der Waals surface area (Å²) in [5, 5.41) is 14.6. The summed E-state index contributed by atoms with van der Waals surface area (Å²) in [6, 6.07) is 0. The van der Waals surface area contributed by atoms with Crippen LogP contribution in [0.5, 0.6) is 0 Å². The zero-order valence-electron chi connectivity index (χ0n) is 12.9. The third-order valence-corrected chi connectivity index (χ3v) is 2.23. The molecule has 1 aromatic rings. The average molecular weight is 356 g/mol. The standard InChI is InChI=1S/C9H12N4O6.C2H3F3/c1-18-4-3-12-7(8(10)14)6(13(16)17)5(11-12)9(15)19-2;1-2(3,4)5/h3-4H2,1-2H3,(H2,10,14);1H3. The summed E-state index contributed by atoms with van der Waals surface area (Å²) in [6.07, 6.45) is -4.00. The molecule has 13 heteroatoms. The van der Waals surface area contributed by atoms with E-state index in [1.165, 1.54) is 7.11 Å². The molecule has 1 aromatic heterocycles. The number of primary amides is 1. The number of amides is 1. The first kappa shape index (κ1) is 21.3. The van der Waals surface area contributed by atoms with E-state index in [1.54, 1.807) is 0 Å². The van der Waals surface area contributed by atoms with Gasteiger partial charge in [-0.25, -0.2) is 4.79 Å². The molecule has 0 spiro atoms. The van der Waals surface area contributed by atoms with Gasteiger partial charge in [-0.15, -0.1) is 0 Å². The van der Waals surface area contributed by atoms with Crippen molar-refractivity contribution in [2.45, 2.75) is 19.6 Å². The third-order valence-electron chi connectivity index (χ3n) is 2.23. The van der Waals surface area contributed by atoms with E-state index >= 15 is 0 Å². The maximum Gasteiger partial charge on any atom is 0.386 e. The molecule has 24 heavy (non-hydrogen) atoms. The molecule has 0 saturated carbocycles. The second-order valence-corrected chi connectivity index (χ2v) is 4.16. The molecule has 0 bridgehead atoms. The van der Waals surface area contributed by atoms with Gasteiger partial charge in [0.15, 0.2) is 0 Å². The zero-order chi connectivity index (χ0) is 19.1. The van der Waals surface area contributed by atoms with Gasteiger partial charge in [0.25, 0.3) is 5.91 Å². The number of carbonyl (C=O) groups is 2. The summed E-state index contributed by atoms with van der Waals surface area (Å²) in [5.74, 6) is -2.09. The van der Waals surface area contributed by atoms with Crippen molar-refractivity contribution in [1.29, 1.82) is 0 Å². The van der Waals surface area contributed by atoms with Gasteiger partial charge in [-0.05, 0) is 0 Å². The van der Waals surface area contributed by atoms with E-state index in [0.717, 1.165) is 11.8 Å². The van der Waals surface area contributed by atoms with E-state index in [1.807, 2.05) is 0 Å². The Bertz CT molecular complexity index is 608. The fourth-order valence-electron chi connectivity index (χ4n) is 1.44. The van der Waals surface area contributed by atoms with Crippen molar-refractivity contribution in [2.75, 3.05) is 20.8 Å².